The summed E-state index contributed by atoms with van der Waals surface area (Å²) in [7, 11) is -6.40. The Morgan fingerprint density at radius 3 is 2.43 bits per heavy atom. The molecule has 0 saturated carbocycles. The van der Waals surface area contributed by atoms with Gasteiger partial charge >= 0.3 is 27.3 Å². The van der Waals surface area contributed by atoms with Crippen LogP contribution in [-0.2, 0) is 43.3 Å². The summed E-state index contributed by atoms with van der Waals surface area (Å²) in [4.78, 5) is 12.1. The average Bonchev–Trinajstić information content (AvgIpc) is 3.27. The highest BCUT2D eigenvalue weighted by molar-refractivity contribution is 7.87. The highest BCUT2D eigenvalue weighted by atomic mass is 32.2. The molecule has 3 saturated heterocycles. The van der Waals surface area contributed by atoms with Crippen molar-refractivity contribution in [3.63, 3.8) is 0 Å². The lowest BCUT2D eigenvalue weighted by Gasteiger charge is -2.27. The predicted octanol–water partition coefficient (Wildman–Crippen LogP) is 1.04. The monoisotopic (exact) mass is 468 g/mol. The summed E-state index contributed by atoms with van der Waals surface area (Å²) >= 11 is 0. The molecule has 5 unspecified atom stereocenters. The van der Waals surface area contributed by atoms with Gasteiger partial charge in [-0.05, 0) is 13.8 Å². The van der Waals surface area contributed by atoms with Crippen LogP contribution in [0.15, 0.2) is 0 Å². The molecule has 3 aliphatic heterocycles. The second-order valence-corrected chi connectivity index (χ2v) is 8.87. The van der Waals surface area contributed by atoms with Crippen molar-refractivity contribution < 1.29 is 63.7 Å². The number of alkyl halides is 4. The van der Waals surface area contributed by atoms with Crippen LogP contribution in [0.4, 0.5) is 17.6 Å². The summed E-state index contributed by atoms with van der Waals surface area (Å²) in [5, 5.41) is -5.77. The number of fused-ring (bicyclic) bond motifs is 1. The molecule has 0 aliphatic carbocycles. The van der Waals surface area contributed by atoms with E-state index in [1.54, 1.807) is 13.8 Å². The minimum absolute atomic E-state index is 0.0593. The summed E-state index contributed by atoms with van der Waals surface area (Å²) in [5.41, 5.74) is 0. The first-order chi connectivity index (χ1) is 13.6. The molecule has 174 valence electrons. The number of carbonyl (C=O) groups is 1. The Morgan fingerprint density at radius 2 is 1.87 bits per heavy atom. The van der Waals surface area contributed by atoms with Crippen molar-refractivity contribution in [3.8, 4) is 0 Å². The number of hydrogen-bond acceptors (Lipinski definition) is 9. The smallest absolute Gasteiger partial charge is 0.431 e. The number of ether oxygens (including phenoxy) is 6. The molecule has 3 heterocycles. The van der Waals surface area contributed by atoms with Crippen LogP contribution in [-0.4, -0.2) is 80.0 Å². The molecule has 10 nitrogen and oxygen atoms in total. The van der Waals surface area contributed by atoms with Crippen molar-refractivity contribution in [3.05, 3.63) is 0 Å². The molecule has 0 aromatic carbocycles. The molecule has 5 atom stereocenters. The van der Waals surface area contributed by atoms with Crippen molar-refractivity contribution >= 4 is 16.1 Å². The zero-order chi connectivity index (χ0) is 22.5. The molecule has 0 bridgehead atoms. The van der Waals surface area contributed by atoms with Gasteiger partial charge in [0, 0.05) is 6.42 Å². The number of esters is 1. The van der Waals surface area contributed by atoms with Crippen LogP contribution in [0.1, 0.15) is 26.7 Å². The van der Waals surface area contributed by atoms with Crippen LogP contribution in [0.2, 0.25) is 0 Å². The Labute approximate surface area is 168 Å². The average molecular weight is 468 g/mol. The van der Waals surface area contributed by atoms with Crippen molar-refractivity contribution in [1.29, 1.82) is 0 Å². The van der Waals surface area contributed by atoms with Gasteiger partial charge in [0.2, 0.25) is 0 Å². The molecule has 1 N–H and O–H groups in total. The van der Waals surface area contributed by atoms with Crippen LogP contribution in [0.5, 0.6) is 0 Å². The standard InChI is InChI=1S/C15H20F4O10S/c1-13(2)26-5-7(29-13)9-10(11-12(28-9)25-6-24-11)27-8(20)3-4-14(16,17)15(18,19)30(21,22)23/h7,9-12H,3-6H2,1-2H3,(H,21,22,23). The summed E-state index contributed by atoms with van der Waals surface area (Å²) in [5.74, 6) is -7.51. The van der Waals surface area contributed by atoms with Gasteiger partial charge in [-0.15, -0.1) is 0 Å². The largest absolute Gasteiger partial charge is 0.456 e. The lowest BCUT2D eigenvalue weighted by molar-refractivity contribution is -0.194. The molecule has 0 spiro atoms. The van der Waals surface area contributed by atoms with Crippen molar-refractivity contribution in [2.45, 2.75) is 74.4 Å². The lowest BCUT2D eigenvalue weighted by Crippen LogP contribution is -2.47. The Balaban J connectivity index is 1.65. The van der Waals surface area contributed by atoms with Crippen LogP contribution in [0, 0.1) is 0 Å². The van der Waals surface area contributed by atoms with E-state index in [0.717, 1.165) is 0 Å². The van der Waals surface area contributed by atoms with Crippen LogP contribution in [0.25, 0.3) is 0 Å². The fourth-order valence-corrected chi connectivity index (χ4v) is 3.74. The molecule has 0 radical (unpaired) electrons. The Morgan fingerprint density at radius 1 is 1.20 bits per heavy atom. The van der Waals surface area contributed by atoms with Crippen LogP contribution in [0.3, 0.4) is 0 Å². The number of halogens is 4. The third-order valence-electron chi connectivity index (χ3n) is 4.76. The fourth-order valence-electron chi connectivity index (χ4n) is 3.26. The molecule has 30 heavy (non-hydrogen) atoms. The van der Waals surface area contributed by atoms with E-state index in [1.807, 2.05) is 0 Å². The van der Waals surface area contributed by atoms with E-state index in [2.05, 4.69) is 0 Å². The van der Waals surface area contributed by atoms with E-state index in [9.17, 15) is 30.8 Å². The zero-order valence-electron chi connectivity index (χ0n) is 15.8. The van der Waals surface area contributed by atoms with Gasteiger partial charge in [0.1, 0.15) is 12.2 Å². The summed E-state index contributed by atoms with van der Waals surface area (Å²) in [6.45, 7) is 3.15. The van der Waals surface area contributed by atoms with Crippen molar-refractivity contribution in [2.24, 2.45) is 0 Å². The maximum Gasteiger partial charge on any atom is 0.431 e. The second kappa shape index (κ2) is 7.79. The minimum atomic E-state index is -6.40. The molecule has 0 amide bonds. The van der Waals surface area contributed by atoms with Gasteiger partial charge in [-0.25, -0.2) is 0 Å². The molecule has 3 rings (SSSR count). The van der Waals surface area contributed by atoms with E-state index in [1.165, 1.54) is 0 Å². The Bertz CT molecular complexity index is 773. The van der Waals surface area contributed by atoms with Gasteiger partial charge in [0.15, 0.2) is 31.1 Å². The zero-order valence-corrected chi connectivity index (χ0v) is 16.6. The Hall–Kier alpha value is -1.10. The molecule has 3 fully saturated rings. The number of carbonyl (C=O) groups excluding carboxylic acids is 1. The SMILES string of the molecule is CC1(C)OCC(C2OC3OCOC3C2OC(=O)CCC(F)(F)C(F)(F)S(=O)(=O)O)O1. The highest BCUT2D eigenvalue weighted by Gasteiger charge is 2.65. The second-order valence-electron chi connectivity index (χ2n) is 7.40. The minimum Gasteiger partial charge on any atom is -0.456 e. The van der Waals surface area contributed by atoms with E-state index in [4.69, 9.17) is 33.0 Å². The normalized spacial score (nSPS) is 34.2. The van der Waals surface area contributed by atoms with Crippen molar-refractivity contribution in [1.82, 2.24) is 0 Å². The Kier molecular flexibility index (Phi) is 6.12. The van der Waals surface area contributed by atoms with Crippen LogP contribution < -0.4 is 0 Å². The first kappa shape index (κ1) is 23.6. The molecule has 0 aromatic rings. The lowest BCUT2D eigenvalue weighted by atomic mass is 10.1. The topological polar surface area (TPSA) is 127 Å². The molecular formula is C15H20F4O10S. The quantitative estimate of drug-likeness (QED) is 0.329. The third-order valence-corrected chi connectivity index (χ3v) is 5.70. The summed E-state index contributed by atoms with van der Waals surface area (Å²) in [6, 6.07) is 0. The first-order valence-corrected chi connectivity index (χ1v) is 10.2. The number of hydrogen-bond donors (Lipinski definition) is 1. The van der Waals surface area contributed by atoms with E-state index in [0.29, 0.717) is 0 Å². The van der Waals surface area contributed by atoms with Crippen molar-refractivity contribution in [2.75, 3.05) is 13.4 Å². The van der Waals surface area contributed by atoms with Gasteiger partial charge in [-0.2, -0.15) is 26.0 Å². The molecular weight excluding hydrogens is 448 g/mol. The maximum atomic E-state index is 13.6. The van der Waals surface area contributed by atoms with E-state index >= 15 is 0 Å². The van der Waals surface area contributed by atoms with E-state index in [-0.39, 0.29) is 13.4 Å². The van der Waals surface area contributed by atoms with Crippen LogP contribution >= 0.6 is 0 Å². The van der Waals surface area contributed by atoms with Gasteiger partial charge in [0.25, 0.3) is 0 Å². The highest BCUT2D eigenvalue weighted by Crippen LogP contribution is 2.42. The van der Waals surface area contributed by atoms with Gasteiger partial charge in [-0.1, -0.05) is 0 Å². The molecule has 3 aliphatic rings. The first-order valence-electron chi connectivity index (χ1n) is 8.77. The number of rotatable bonds is 7. The summed E-state index contributed by atoms with van der Waals surface area (Å²) < 4.78 is 115. The van der Waals surface area contributed by atoms with Gasteiger partial charge < -0.3 is 28.4 Å². The van der Waals surface area contributed by atoms with Gasteiger partial charge in [-0.3, -0.25) is 9.35 Å². The third kappa shape index (κ3) is 4.42. The predicted molar refractivity (Wildman–Crippen MR) is 84.9 cm³/mol. The maximum absolute atomic E-state index is 13.6. The van der Waals surface area contributed by atoms with E-state index < -0.39 is 76.6 Å². The fraction of sp³-hybridized carbons (Fsp3) is 0.933. The summed E-state index contributed by atoms with van der Waals surface area (Å²) in [6.07, 6.45) is -7.85. The molecule has 15 heteroatoms. The van der Waals surface area contributed by atoms with Gasteiger partial charge in [0.05, 0.1) is 13.0 Å². The molecule has 0 aromatic heterocycles.